The van der Waals surface area contributed by atoms with Gasteiger partial charge in [-0.15, -0.1) is 0 Å². The highest BCUT2D eigenvalue weighted by atomic mass is 32.2. The third kappa shape index (κ3) is 2.99. The molecule has 1 unspecified atom stereocenters. The summed E-state index contributed by atoms with van der Waals surface area (Å²) in [7, 11) is -2.12. The molecule has 0 spiro atoms. The normalized spacial score (nSPS) is 24.4. The van der Waals surface area contributed by atoms with E-state index in [1.807, 2.05) is 13.8 Å². The first kappa shape index (κ1) is 16.7. The number of hydrogen-bond donors (Lipinski definition) is 1. The maximum atomic E-state index is 13.1. The van der Waals surface area contributed by atoms with Gasteiger partial charge in [-0.05, 0) is 62.8 Å². The Hall–Kier alpha value is -1.11. The molecule has 23 heavy (non-hydrogen) atoms. The van der Waals surface area contributed by atoms with Crippen LogP contribution in [0.1, 0.15) is 36.8 Å². The first-order chi connectivity index (χ1) is 10.8. The average molecular weight is 339 g/mol. The summed E-state index contributed by atoms with van der Waals surface area (Å²) < 4.78 is 33.0. The van der Waals surface area contributed by atoms with Crippen LogP contribution in [0.25, 0.3) is 0 Å². The Bertz CT molecular complexity index is 710. The summed E-state index contributed by atoms with van der Waals surface area (Å²) in [6, 6.07) is 3.47. The largest absolute Gasteiger partial charge is 0.495 e. The number of aliphatic hydroxyl groups is 1. The predicted octanol–water partition coefficient (Wildman–Crippen LogP) is 2.24. The van der Waals surface area contributed by atoms with Crippen LogP contribution in [0.15, 0.2) is 17.0 Å². The van der Waals surface area contributed by atoms with Crippen LogP contribution in [0.2, 0.25) is 0 Å². The van der Waals surface area contributed by atoms with Gasteiger partial charge in [0.1, 0.15) is 10.6 Å². The second-order valence-electron chi connectivity index (χ2n) is 6.89. The molecule has 3 rings (SSSR count). The van der Waals surface area contributed by atoms with E-state index >= 15 is 0 Å². The number of nitrogens with zero attached hydrogens (tertiary/aromatic N) is 1. The number of ether oxygens (including phenoxy) is 1. The highest BCUT2D eigenvalue weighted by molar-refractivity contribution is 7.89. The Morgan fingerprint density at radius 3 is 2.52 bits per heavy atom. The van der Waals surface area contributed by atoms with Crippen LogP contribution in [0.5, 0.6) is 5.75 Å². The maximum Gasteiger partial charge on any atom is 0.246 e. The Morgan fingerprint density at radius 2 is 1.91 bits per heavy atom. The fourth-order valence-electron chi connectivity index (χ4n) is 3.40. The molecule has 1 aliphatic heterocycles. The van der Waals surface area contributed by atoms with E-state index in [0.29, 0.717) is 18.8 Å². The topological polar surface area (TPSA) is 66.8 Å². The zero-order valence-corrected chi connectivity index (χ0v) is 14.8. The fourth-order valence-corrected chi connectivity index (χ4v) is 5.15. The highest BCUT2D eigenvalue weighted by Crippen LogP contribution is 2.46. The first-order valence-electron chi connectivity index (χ1n) is 8.16. The van der Waals surface area contributed by atoms with E-state index in [4.69, 9.17) is 4.74 Å². The van der Waals surface area contributed by atoms with Gasteiger partial charge in [-0.1, -0.05) is 0 Å². The number of sulfonamides is 1. The van der Waals surface area contributed by atoms with Gasteiger partial charge < -0.3 is 9.84 Å². The van der Waals surface area contributed by atoms with Gasteiger partial charge in [-0.2, -0.15) is 4.31 Å². The molecule has 1 aromatic carbocycles. The smallest absolute Gasteiger partial charge is 0.246 e. The predicted molar refractivity (Wildman–Crippen MR) is 88.1 cm³/mol. The zero-order valence-electron chi connectivity index (χ0n) is 14.0. The quantitative estimate of drug-likeness (QED) is 0.913. The summed E-state index contributed by atoms with van der Waals surface area (Å²) in [5.74, 6) is 0.434. The van der Waals surface area contributed by atoms with Gasteiger partial charge in [0.25, 0.3) is 0 Å². The molecule has 2 fully saturated rings. The Morgan fingerprint density at radius 1 is 1.26 bits per heavy atom. The minimum Gasteiger partial charge on any atom is -0.495 e. The van der Waals surface area contributed by atoms with Crippen LogP contribution >= 0.6 is 0 Å². The second-order valence-corrected chi connectivity index (χ2v) is 8.80. The van der Waals surface area contributed by atoms with E-state index in [9.17, 15) is 13.5 Å². The van der Waals surface area contributed by atoms with Gasteiger partial charge in [0.2, 0.25) is 10.0 Å². The highest BCUT2D eigenvalue weighted by Gasteiger charge is 2.50. The number of benzene rings is 1. The van der Waals surface area contributed by atoms with Crippen molar-refractivity contribution in [2.75, 3.05) is 20.2 Å². The Labute approximate surface area is 138 Å². The molecule has 1 aromatic rings. The summed E-state index contributed by atoms with van der Waals surface area (Å²) in [4.78, 5) is 0.228. The van der Waals surface area contributed by atoms with Crippen molar-refractivity contribution in [3.63, 3.8) is 0 Å². The van der Waals surface area contributed by atoms with Crippen molar-refractivity contribution in [3.05, 3.63) is 23.3 Å². The number of rotatable bonds is 4. The lowest BCUT2D eigenvalue weighted by atomic mass is 9.92. The van der Waals surface area contributed by atoms with E-state index in [0.717, 1.165) is 36.8 Å². The summed E-state index contributed by atoms with van der Waals surface area (Å²) in [6.07, 6.45) is 3.27. The van der Waals surface area contributed by atoms with Crippen LogP contribution in [0.3, 0.4) is 0 Å². The zero-order chi connectivity index (χ0) is 16.8. The molecule has 1 N–H and O–H groups in total. The van der Waals surface area contributed by atoms with Gasteiger partial charge in [-0.3, -0.25) is 0 Å². The van der Waals surface area contributed by atoms with Crippen molar-refractivity contribution >= 4 is 10.0 Å². The minimum atomic E-state index is -3.61. The molecule has 6 heteroatoms. The van der Waals surface area contributed by atoms with Crippen LogP contribution in [0.4, 0.5) is 0 Å². The average Bonchev–Trinajstić information content (AvgIpc) is 3.28. The van der Waals surface area contributed by atoms with Gasteiger partial charge >= 0.3 is 0 Å². The van der Waals surface area contributed by atoms with E-state index < -0.39 is 15.6 Å². The number of aryl methyl sites for hydroxylation is 2. The van der Waals surface area contributed by atoms with Crippen molar-refractivity contribution in [1.82, 2.24) is 4.31 Å². The third-order valence-corrected chi connectivity index (χ3v) is 7.19. The van der Waals surface area contributed by atoms with E-state index in [2.05, 4.69) is 0 Å². The molecule has 1 saturated carbocycles. The van der Waals surface area contributed by atoms with E-state index in [-0.39, 0.29) is 10.8 Å². The van der Waals surface area contributed by atoms with Crippen LogP contribution in [0, 0.1) is 19.8 Å². The van der Waals surface area contributed by atoms with Crippen molar-refractivity contribution in [2.45, 2.75) is 50.0 Å². The molecule has 1 heterocycles. The molecular formula is C17H25NO4S. The van der Waals surface area contributed by atoms with E-state index in [1.54, 1.807) is 12.1 Å². The molecule has 1 saturated heterocycles. The molecule has 0 radical (unpaired) electrons. The lowest BCUT2D eigenvalue weighted by Crippen LogP contribution is -2.44. The van der Waals surface area contributed by atoms with Crippen molar-refractivity contribution in [2.24, 2.45) is 5.92 Å². The van der Waals surface area contributed by atoms with Crippen molar-refractivity contribution < 1.29 is 18.3 Å². The molecule has 2 aliphatic rings. The van der Waals surface area contributed by atoms with Crippen LogP contribution in [-0.2, 0) is 10.0 Å². The Kier molecular flexibility index (Phi) is 4.19. The van der Waals surface area contributed by atoms with Gasteiger partial charge in [0, 0.05) is 19.0 Å². The second kappa shape index (κ2) is 5.76. The van der Waals surface area contributed by atoms with Gasteiger partial charge in [0.05, 0.1) is 12.7 Å². The molecule has 128 valence electrons. The molecule has 0 bridgehead atoms. The molecule has 1 atom stereocenters. The summed E-state index contributed by atoms with van der Waals surface area (Å²) in [6.45, 7) is 4.74. The number of piperidine rings is 1. The summed E-state index contributed by atoms with van der Waals surface area (Å²) in [5.41, 5.74) is 1.30. The third-order valence-electron chi connectivity index (χ3n) is 5.30. The SMILES string of the molecule is COc1cc(C)c(C)cc1S(=O)(=O)N1CCCC(C2(O)CC2)C1. The summed E-state index contributed by atoms with van der Waals surface area (Å²) >= 11 is 0. The van der Waals surface area contributed by atoms with Crippen molar-refractivity contribution in [1.29, 1.82) is 0 Å². The van der Waals surface area contributed by atoms with Crippen LogP contribution in [-0.4, -0.2) is 43.6 Å². The number of methoxy groups -OCH3 is 1. The molecule has 5 nitrogen and oxygen atoms in total. The molecule has 1 aliphatic carbocycles. The summed E-state index contributed by atoms with van der Waals surface area (Å²) in [5, 5.41) is 10.3. The number of hydrogen-bond acceptors (Lipinski definition) is 4. The van der Waals surface area contributed by atoms with Gasteiger partial charge in [-0.25, -0.2) is 8.42 Å². The molecule has 0 amide bonds. The standard InChI is InChI=1S/C17H25NO4S/c1-12-9-15(22-3)16(10-13(12)2)23(20,21)18-8-4-5-14(11-18)17(19)6-7-17/h9-10,14,19H,4-8,11H2,1-3H3. The molecule has 0 aromatic heterocycles. The monoisotopic (exact) mass is 339 g/mol. The fraction of sp³-hybridized carbons (Fsp3) is 0.647. The lowest BCUT2D eigenvalue weighted by molar-refractivity contribution is 0.0514. The van der Waals surface area contributed by atoms with Crippen LogP contribution < -0.4 is 4.74 Å². The Balaban J connectivity index is 1.93. The maximum absolute atomic E-state index is 13.1. The first-order valence-corrected chi connectivity index (χ1v) is 9.60. The van der Waals surface area contributed by atoms with Gasteiger partial charge in [0.15, 0.2) is 0 Å². The minimum absolute atomic E-state index is 0.0450. The lowest BCUT2D eigenvalue weighted by Gasteiger charge is -2.34. The van der Waals surface area contributed by atoms with E-state index in [1.165, 1.54) is 11.4 Å². The van der Waals surface area contributed by atoms with Crippen molar-refractivity contribution in [3.8, 4) is 5.75 Å². The molecular weight excluding hydrogens is 314 g/mol.